The minimum absolute atomic E-state index is 0. The summed E-state index contributed by atoms with van der Waals surface area (Å²) in [6, 6.07) is 8.12. The Balaban J connectivity index is 0.00000161. The van der Waals surface area contributed by atoms with E-state index in [9.17, 15) is 0 Å². The Hall–Kier alpha value is -1.81. The zero-order valence-electron chi connectivity index (χ0n) is 12.4. The number of fused-ring (bicyclic) bond motifs is 1. The highest BCUT2D eigenvalue weighted by Crippen LogP contribution is 2.31. The van der Waals surface area contributed by atoms with E-state index in [1.165, 1.54) is 17.7 Å². The number of hydrogen-bond donors (Lipinski definition) is 0. The quantitative estimate of drug-likeness (QED) is 0.866. The third kappa shape index (κ3) is 3.10. The van der Waals surface area contributed by atoms with E-state index < -0.39 is 0 Å². The van der Waals surface area contributed by atoms with Crippen LogP contribution in [0.3, 0.4) is 0 Å². The second-order valence-electron chi connectivity index (χ2n) is 4.96. The summed E-state index contributed by atoms with van der Waals surface area (Å²) >= 11 is 0. The first-order valence-electron chi connectivity index (χ1n) is 7.09. The van der Waals surface area contributed by atoms with Gasteiger partial charge in [0.1, 0.15) is 17.9 Å². The summed E-state index contributed by atoms with van der Waals surface area (Å²) in [6.45, 7) is 2.68. The van der Waals surface area contributed by atoms with Crippen molar-refractivity contribution in [3.05, 3.63) is 41.9 Å². The van der Waals surface area contributed by atoms with E-state index in [1.54, 1.807) is 6.33 Å². The van der Waals surface area contributed by atoms with E-state index in [0.717, 1.165) is 30.1 Å². The molecule has 1 aliphatic rings. The zero-order chi connectivity index (χ0) is 13.9. The van der Waals surface area contributed by atoms with E-state index >= 15 is 0 Å². The molecule has 1 heterocycles. The maximum atomic E-state index is 5.48. The third-order valence-corrected chi connectivity index (χ3v) is 3.70. The average Bonchev–Trinajstić information content (AvgIpc) is 2.96. The minimum atomic E-state index is 0. The SMILES string of the molecule is CCOc1ccc(N(C)c2ncnc3c2CCC3)cc1.Cl. The van der Waals surface area contributed by atoms with Crippen LogP contribution in [-0.4, -0.2) is 23.6 Å². The Morgan fingerprint density at radius 1 is 1.14 bits per heavy atom. The van der Waals surface area contributed by atoms with Crippen molar-refractivity contribution in [1.29, 1.82) is 0 Å². The molecule has 0 aliphatic heterocycles. The molecule has 0 fully saturated rings. The molecule has 0 saturated heterocycles. The van der Waals surface area contributed by atoms with Crippen LogP contribution in [0.4, 0.5) is 11.5 Å². The van der Waals surface area contributed by atoms with Gasteiger partial charge in [-0.3, -0.25) is 0 Å². The molecule has 0 radical (unpaired) electrons. The highest BCUT2D eigenvalue weighted by Gasteiger charge is 2.19. The van der Waals surface area contributed by atoms with E-state index in [4.69, 9.17) is 4.74 Å². The van der Waals surface area contributed by atoms with E-state index in [0.29, 0.717) is 6.61 Å². The molecule has 0 atom stereocenters. The summed E-state index contributed by atoms with van der Waals surface area (Å²) in [6.07, 6.45) is 5.00. The van der Waals surface area contributed by atoms with Gasteiger partial charge < -0.3 is 9.64 Å². The zero-order valence-corrected chi connectivity index (χ0v) is 13.2. The van der Waals surface area contributed by atoms with Crippen molar-refractivity contribution >= 4 is 23.9 Å². The van der Waals surface area contributed by atoms with Crippen molar-refractivity contribution in [3.63, 3.8) is 0 Å². The number of hydrogen-bond acceptors (Lipinski definition) is 4. The lowest BCUT2D eigenvalue weighted by atomic mass is 10.2. The fourth-order valence-corrected chi connectivity index (χ4v) is 2.69. The second kappa shape index (κ2) is 6.76. The maximum absolute atomic E-state index is 5.48. The van der Waals surface area contributed by atoms with E-state index in [-0.39, 0.29) is 12.4 Å². The van der Waals surface area contributed by atoms with E-state index in [1.807, 2.05) is 19.1 Å². The molecule has 21 heavy (non-hydrogen) atoms. The molecule has 0 N–H and O–H groups in total. The molecule has 0 unspecified atom stereocenters. The fourth-order valence-electron chi connectivity index (χ4n) is 2.69. The highest BCUT2D eigenvalue weighted by molar-refractivity contribution is 5.85. The third-order valence-electron chi connectivity index (χ3n) is 3.70. The van der Waals surface area contributed by atoms with E-state index in [2.05, 4.69) is 34.0 Å². The first-order chi connectivity index (χ1) is 9.79. The smallest absolute Gasteiger partial charge is 0.139 e. The van der Waals surface area contributed by atoms with Crippen LogP contribution in [0.15, 0.2) is 30.6 Å². The topological polar surface area (TPSA) is 38.2 Å². The maximum Gasteiger partial charge on any atom is 0.139 e. The van der Waals surface area contributed by atoms with Gasteiger partial charge in [-0.15, -0.1) is 12.4 Å². The molecule has 5 heteroatoms. The summed E-state index contributed by atoms with van der Waals surface area (Å²) in [5.41, 5.74) is 3.61. The molecule has 1 aliphatic carbocycles. The largest absolute Gasteiger partial charge is 0.494 e. The average molecular weight is 306 g/mol. The molecule has 4 nitrogen and oxygen atoms in total. The number of rotatable bonds is 4. The number of benzene rings is 1. The Kier molecular flexibility index (Phi) is 5.02. The molecule has 3 rings (SSSR count). The molecular weight excluding hydrogens is 286 g/mol. The first-order valence-corrected chi connectivity index (χ1v) is 7.09. The minimum Gasteiger partial charge on any atom is -0.494 e. The molecule has 0 saturated carbocycles. The lowest BCUT2D eigenvalue weighted by Crippen LogP contribution is -2.14. The molecule has 112 valence electrons. The normalized spacial score (nSPS) is 12.5. The van der Waals surface area contributed by atoms with Crippen molar-refractivity contribution in [2.45, 2.75) is 26.2 Å². The number of nitrogens with zero attached hydrogens (tertiary/aromatic N) is 3. The van der Waals surface area contributed by atoms with Gasteiger partial charge in [-0.2, -0.15) is 0 Å². The van der Waals surface area contributed by atoms with Crippen molar-refractivity contribution < 1.29 is 4.74 Å². The molecule has 0 bridgehead atoms. The van der Waals surface area contributed by atoms with Crippen LogP contribution in [0.25, 0.3) is 0 Å². The first kappa shape index (κ1) is 15.6. The van der Waals surface area contributed by atoms with Gasteiger partial charge in [0, 0.05) is 24.0 Å². The summed E-state index contributed by atoms with van der Waals surface area (Å²) in [7, 11) is 2.05. The summed E-state index contributed by atoms with van der Waals surface area (Å²) in [5.74, 6) is 1.93. The van der Waals surface area contributed by atoms with Crippen molar-refractivity contribution in [2.24, 2.45) is 0 Å². The summed E-state index contributed by atoms with van der Waals surface area (Å²) < 4.78 is 5.48. The fraction of sp³-hybridized carbons (Fsp3) is 0.375. The summed E-state index contributed by atoms with van der Waals surface area (Å²) in [4.78, 5) is 11.0. The van der Waals surface area contributed by atoms with Crippen LogP contribution in [-0.2, 0) is 12.8 Å². The lowest BCUT2D eigenvalue weighted by molar-refractivity contribution is 0.340. The molecular formula is C16H20ClN3O. The number of anilines is 2. The predicted molar refractivity (Wildman–Crippen MR) is 87.0 cm³/mol. The molecule has 1 aromatic heterocycles. The van der Waals surface area contributed by atoms with Crippen LogP contribution in [0.1, 0.15) is 24.6 Å². The Bertz CT molecular complexity index is 601. The van der Waals surface area contributed by atoms with Crippen LogP contribution in [0.5, 0.6) is 5.75 Å². The molecule has 0 amide bonds. The van der Waals surface area contributed by atoms with Gasteiger partial charge in [-0.05, 0) is 50.5 Å². The Morgan fingerprint density at radius 3 is 2.62 bits per heavy atom. The van der Waals surface area contributed by atoms with Crippen LogP contribution < -0.4 is 9.64 Å². The van der Waals surface area contributed by atoms with Crippen LogP contribution >= 0.6 is 12.4 Å². The second-order valence-corrected chi connectivity index (χ2v) is 4.96. The molecule has 1 aromatic carbocycles. The van der Waals surface area contributed by atoms with Gasteiger partial charge in [-0.25, -0.2) is 9.97 Å². The number of halogens is 1. The number of aromatic nitrogens is 2. The number of ether oxygens (including phenoxy) is 1. The molecule has 0 spiro atoms. The Labute approximate surface area is 131 Å². The van der Waals surface area contributed by atoms with Gasteiger partial charge in [0.25, 0.3) is 0 Å². The van der Waals surface area contributed by atoms with Crippen LogP contribution in [0.2, 0.25) is 0 Å². The van der Waals surface area contributed by atoms with Crippen molar-refractivity contribution in [1.82, 2.24) is 9.97 Å². The van der Waals surface area contributed by atoms with Crippen molar-refractivity contribution in [2.75, 3.05) is 18.6 Å². The Morgan fingerprint density at radius 2 is 1.90 bits per heavy atom. The standard InChI is InChI=1S/C16H19N3O.ClH/c1-3-20-13-9-7-12(8-10-13)19(2)16-14-5-4-6-15(14)17-11-18-16;/h7-11H,3-6H2,1-2H3;1H. The molecule has 2 aromatic rings. The van der Waals surface area contributed by atoms with Gasteiger partial charge in [-0.1, -0.05) is 0 Å². The van der Waals surface area contributed by atoms with Gasteiger partial charge >= 0.3 is 0 Å². The number of aryl methyl sites for hydroxylation is 1. The van der Waals surface area contributed by atoms with Gasteiger partial charge in [0.15, 0.2) is 0 Å². The van der Waals surface area contributed by atoms with Gasteiger partial charge in [0.2, 0.25) is 0 Å². The van der Waals surface area contributed by atoms with Crippen molar-refractivity contribution in [3.8, 4) is 5.75 Å². The summed E-state index contributed by atoms with van der Waals surface area (Å²) in [5, 5.41) is 0. The van der Waals surface area contributed by atoms with Gasteiger partial charge in [0.05, 0.1) is 6.61 Å². The monoisotopic (exact) mass is 305 g/mol. The van der Waals surface area contributed by atoms with Crippen LogP contribution in [0, 0.1) is 0 Å². The highest BCUT2D eigenvalue weighted by atomic mass is 35.5. The predicted octanol–water partition coefficient (Wildman–Crippen LogP) is 3.55. The lowest BCUT2D eigenvalue weighted by Gasteiger charge is -2.21.